The van der Waals surface area contributed by atoms with Crippen molar-refractivity contribution in [3.8, 4) is 0 Å². The smallest absolute Gasteiger partial charge is 0.326 e. The first-order chi connectivity index (χ1) is 6.20. The van der Waals surface area contributed by atoms with E-state index in [-0.39, 0.29) is 12.0 Å². The second-order valence-corrected chi connectivity index (χ2v) is 5.05. The molecule has 0 unspecified atom stereocenters. The first-order valence-corrected chi connectivity index (χ1v) is 4.84. The lowest BCUT2D eigenvalue weighted by molar-refractivity contribution is -0.157. The van der Waals surface area contributed by atoms with E-state index in [0.29, 0.717) is 6.61 Å². The van der Waals surface area contributed by atoms with Crippen molar-refractivity contribution in [2.45, 2.75) is 52.0 Å². The van der Waals surface area contributed by atoms with Crippen LogP contribution in [-0.2, 0) is 14.3 Å². The van der Waals surface area contributed by atoms with Crippen LogP contribution >= 0.6 is 0 Å². The maximum atomic E-state index is 11.6. The van der Waals surface area contributed by atoms with Gasteiger partial charge < -0.3 is 9.47 Å². The number of nitrogens with one attached hydrogen (secondary N) is 1. The highest BCUT2D eigenvalue weighted by atomic mass is 16.6. The van der Waals surface area contributed by atoms with Gasteiger partial charge in [-0.3, -0.25) is 10.1 Å². The van der Waals surface area contributed by atoms with Gasteiger partial charge in [-0.15, -0.1) is 0 Å². The van der Waals surface area contributed by atoms with E-state index >= 15 is 0 Å². The second kappa shape index (κ2) is 3.51. The molecule has 0 aliphatic carbocycles. The molecular weight excluding hydrogens is 182 g/mol. The number of esters is 1. The summed E-state index contributed by atoms with van der Waals surface area (Å²) in [6, 6.07) is -0.343. The maximum Gasteiger partial charge on any atom is 0.326 e. The Balaban J connectivity index is 2.48. The van der Waals surface area contributed by atoms with E-state index in [0.717, 1.165) is 0 Å². The molecule has 0 amide bonds. The van der Waals surface area contributed by atoms with Crippen LogP contribution in [0.5, 0.6) is 0 Å². The molecule has 0 bridgehead atoms. The van der Waals surface area contributed by atoms with Gasteiger partial charge in [0, 0.05) is 0 Å². The molecule has 4 nitrogen and oxygen atoms in total. The van der Waals surface area contributed by atoms with Crippen molar-refractivity contribution >= 4 is 5.97 Å². The van der Waals surface area contributed by atoms with Crippen molar-refractivity contribution in [3.63, 3.8) is 0 Å². The topological polar surface area (TPSA) is 47.6 Å². The van der Waals surface area contributed by atoms with Gasteiger partial charge in [0.2, 0.25) is 0 Å². The minimum Gasteiger partial charge on any atom is -0.459 e. The average Bonchev–Trinajstić information content (AvgIpc) is 2.26. The Bertz CT molecular complexity index is 230. The SMILES string of the molecule is CC(C)(C)OC(=O)[C@@H]1COC(C)(C)N1. The minimum absolute atomic E-state index is 0.247. The van der Waals surface area contributed by atoms with Crippen molar-refractivity contribution in [2.24, 2.45) is 0 Å². The zero-order chi connectivity index (χ0) is 11.0. The zero-order valence-corrected chi connectivity index (χ0v) is 9.51. The quantitative estimate of drug-likeness (QED) is 0.644. The highest BCUT2D eigenvalue weighted by molar-refractivity contribution is 5.76. The zero-order valence-electron chi connectivity index (χ0n) is 9.51. The van der Waals surface area contributed by atoms with Gasteiger partial charge in [-0.2, -0.15) is 0 Å². The molecule has 0 spiro atoms. The van der Waals surface area contributed by atoms with Crippen LogP contribution < -0.4 is 5.32 Å². The molecule has 0 aromatic carbocycles. The molecule has 1 heterocycles. The number of hydrogen-bond acceptors (Lipinski definition) is 4. The predicted octanol–water partition coefficient (Wildman–Crippen LogP) is 1.05. The van der Waals surface area contributed by atoms with E-state index in [1.54, 1.807) is 0 Å². The third kappa shape index (κ3) is 3.27. The molecule has 1 N–H and O–H groups in total. The van der Waals surface area contributed by atoms with Gasteiger partial charge in [-0.05, 0) is 34.6 Å². The number of hydrogen-bond donors (Lipinski definition) is 1. The van der Waals surface area contributed by atoms with Gasteiger partial charge in [0.25, 0.3) is 0 Å². The summed E-state index contributed by atoms with van der Waals surface area (Å²) in [5, 5.41) is 3.06. The first kappa shape index (κ1) is 11.5. The molecule has 1 fully saturated rings. The Morgan fingerprint density at radius 3 is 2.43 bits per heavy atom. The molecule has 4 heteroatoms. The summed E-state index contributed by atoms with van der Waals surface area (Å²) in [6.07, 6.45) is 0. The summed E-state index contributed by atoms with van der Waals surface area (Å²) in [5.74, 6) is -0.247. The van der Waals surface area contributed by atoms with Crippen LogP contribution in [0.2, 0.25) is 0 Å². The number of carbonyl (C=O) groups is 1. The van der Waals surface area contributed by atoms with Crippen molar-refractivity contribution in [1.82, 2.24) is 5.32 Å². The monoisotopic (exact) mass is 201 g/mol. The molecule has 0 aromatic heterocycles. The van der Waals surface area contributed by atoms with E-state index < -0.39 is 11.3 Å². The lowest BCUT2D eigenvalue weighted by Gasteiger charge is -2.22. The molecular formula is C10H19NO3. The Hall–Kier alpha value is -0.610. The van der Waals surface area contributed by atoms with Crippen LogP contribution in [0.3, 0.4) is 0 Å². The van der Waals surface area contributed by atoms with Gasteiger partial charge in [0.1, 0.15) is 17.4 Å². The van der Waals surface area contributed by atoms with E-state index in [1.807, 2.05) is 34.6 Å². The predicted molar refractivity (Wildman–Crippen MR) is 52.8 cm³/mol. The lowest BCUT2D eigenvalue weighted by atomic mass is 10.2. The number of carbonyl (C=O) groups excluding carboxylic acids is 1. The molecule has 14 heavy (non-hydrogen) atoms. The van der Waals surface area contributed by atoms with Gasteiger partial charge in [-0.1, -0.05) is 0 Å². The van der Waals surface area contributed by atoms with E-state index in [4.69, 9.17) is 9.47 Å². The summed E-state index contributed by atoms with van der Waals surface area (Å²) in [7, 11) is 0. The molecule has 0 aromatic rings. The molecule has 0 radical (unpaired) electrons. The number of ether oxygens (including phenoxy) is 2. The first-order valence-electron chi connectivity index (χ1n) is 4.84. The highest BCUT2D eigenvalue weighted by Gasteiger charge is 2.37. The Labute approximate surface area is 85.0 Å². The highest BCUT2D eigenvalue weighted by Crippen LogP contribution is 2.17. The van der Waals surface area contributed by atoms with Crippen LogP contribution in [0.15, 0.2) is 0 Å². The Morgan fingerprint density at radius 1 is 1.50 bits per heavy atom. The third-order valence-corrected chi connectivity index (χ3v) is 1.82. The molecule has 1 aliphatic heterocycles. The van der Waals surface area contributed by atoms with Crippen LogP contribution in [0.1, 0.15) is 34.6 Å². The van der Waals surface area contributed by atoms with Crippen molar-refractivity contribution in [2.75, 3.05) is 6.61 Å². The fraction of sp³-hybridized carbons (Fsp3) is 0.900. The van der Waals surface area contributed by atoms with Gasteiger partial charge in [0.05, 0.1) is 6.61 Å². The normalized spacial score (nSPS) is 26.2. The second-order valence-electron chi connectivity index (χ2n) is 5.05. The summed E-state index contributed by atoms with van der Waals surface area (Å²) in [6.45, 7) is 9.71. The molecule has 1 aliphatic rings. The van der Waals surface area contributed by atoms with Gasteiger partial charge >= 0.3 is 5.97 Å². The maximum absolute atomic E-state index is 11.6. The third-order valence-electron chi connectivity index (χ3n) is 1.82. The number of rotatable bonds is 1. The van der Waals surface area contributed by atoms with E-state index in [2.05, 4.69) is 5.32 Å². The van der Waals surface area contributed by atoms with E-state index in [1.165, 1.54) is 0 Å². The van der Waals surface area contributed by atoms with Crippen LogP contribution in [-0.4, -0.2) is 29.9 Å². The molecule has 1 rings (SSSR count). The Kier molecular flexibility index (Phi) is 2.88. The van der Waals surface area contributed by atoms with Crippen molar-refractivity contribution in [3.05, 3.63) is 0 Å². The average molecular weight is 201 g/mol. The lowest BCUT2D eigenvalue weighted by Crippen LogP contribution is -2.44. The van der Waals surface area contributed by atoms with Crippen molar-refractivity contribution < 1.29 is 14.3 Å². The van der Waals surface area contributed by atoms with Gasteiger partial charge in [0.15, 0.2) is 0 Å². The van der Waals surface area contributed by atoms with Crippen LogP contribution in [0.25, 0.3) is 0 Å². The van der Waals surface area contributed by atoms with Gasteiger partial charge in [-0.25, -0.2) is 0 Å². The molecule has 1 atom stereocenters. The minimum atomic E-state index is -0.439. The summed E-state index contributed by atoms with van der Waals surface area (Å²) in [5.41, 5.74) is -0.868. The Morgan fingerprint density at radius 2 is 2.07 bits per heavy atom. The summed E-state index contributed by atoms with van der Waals surface area (Å²) >= 11 is 0. The molecule has 82 valence electrons. The van der Waals surface area contributed by atoms with Crippen LogP contribution in [0, 0.1) is 0 Å². The largest absolute Gasteiger partial charge is 0.459 e. The molecule has 1 saturated heterocycles. The fourth-order valence-corrected chi connectivity index (χ4v) is 1.29. The summed E-state index contributed by atoms with van der Waals surface area (Å²) in [4.78, 5) is 11.6. The summed E-state index contributed by atoms with van der Waals surface area (Å²) < 4.78 is 10.6. The van der Waals surface area contributed by atoms with Crippen molar-refractivity contribution in [1.29, 1.82) is 0 Å². The standard InChI is InChI=1S/C10H19NO3/c1-9(2,3)14-8(12)7-6-13-10(4,5)11-7/h7,11H,6H2,1-5H3/t7-/m0/s1. The fourth-order valence-electron chi connectivity index (χ4n) is 1.29. The van der Waals surface area contributed by atoms with E-state index in [9.17, 15) is 4.79 Å². The molecule has 0 saturated carbocycles. The van der Waals surface area contributed by atoms with Crippen LogP contribution in [0.4, 0.5) is 0 Å².